The van der Waals surface area contributed by atoms with Crippen LogP contribution in [0.15, 0.2) is 76.0 Å². The number of rotatable bonds is 3. The zero-order chi connectivity index (χ0) is 21.4. The van der Waals surface area contributed by atoms with E-state index in [9.17, 15) is 13.2 Å². The molecule has 3 aromatic carbocycles. The number of piperidine rings is 1. The Balaban J connectivity index is 1.23. The lowest BCUT2D eigenvalue weighted by Gasteiger charge is -2.32. The lowest BCUT2D eigenvalue weighted by atomic mass is 9.96. The number of esters is 1. The zero-order valence-corrected chi connectivity index (χ0v) is 17.7. The molecule has 0 atom stereocenters. The molecule has 0 N–H and O–H groups in total. The first kappa shape index (κ1) is 19.8. The van der Waals surface area contributed by atoms with Gasteiger partial charge >= 0.3 is 5.97 Å². The molecule has 0 saturated carbocycles. The molecule has 1 fully saturated rings. The van der Waals surface area contributed by atoms with E-state index in [-0.39, 0.29) is 23.4 Å². The van der Waals surface area contributed by atoms with Crippen molar-refractivity contribution in [3.63, 3.8) is 0 Å². The Morgan fingerprint density at radius 2 is 1.68 bits per heavy atom. The molecule has 3 aromatic rings. The normalized spacial score (nSPS) is 17.9. The van der Waals surface area contributed by atoms with E-state index < -0.39 is 10.0 Å². The minimum atomic E-state index is -3.64. The second kappa shape index (κ2) is 7.81. The van der Waals surface area contributed by atoms with Gasteiger partial charge in [-0.1, -0.05) is 54.6 Å². The van der Waals surface area contributed by atoms with Crippen molar-refractivity contribution in [3.8, 4) is 0 Å². The summed E-state index contributed by atoms with van der Waals surface area (Å²) in [6, 6.07) is 20.9. The summed E-state index contributed by atoms with van der Waals surface area (Å²) < 4.78 is 34.2. The molecule has 2 aliphatic rings. The minimum Gasteiger partial charge on any atom is -0.461 e. The lowest BCUT2D eigenvalue weighted by molar-refractivity contribution is -0.151. The number of hydrogen-bond acceptors (Lipinski definition) is 5. The molecule has 6 nitrogen and oxygen atoms in total. The van der Waals surface area contributed by atoms with Gasteiger partial charge in [0.05, 0.1) is 5.92 Å². The topological polar surface area (TPSA) is 76.0 Å². The van der Waals surface area contributed by atoms with E-state index in [0.717, 1.165) is 16.3 Å². The van der Waals surface area contributed by atoms with Crippen LogP contribution in [0.4, 0.5) is 0 Å². The van der Waals surface area contributed by atoms with Crippen molar-refractivity contribution < 1.29 is 17.9 Å². The zero-order valence-electron chi connectivity index (χ0n) is 16.9. The molecule has 0 amide bonds. The third-order valence-corrected chi connectivity index (χ3v) is 7.32. The highest BCUT2D eigenvalue weighted by molar-refractivity contribution is 7.90. The molecule has 2 aliphatic heterocycles. The summed E-state index contributed by atoms with van der Waals surface area (Å²) in [5.41, 5.74) is 1.63. The van der Waals surface area contributed by atoms with Crippen LogP contribution in [0.1, 0.15) is 24.0 Å². The third kappa shape index (κ3) is 3.70. The second-order valence-electron chi connectivity index (χ2n) is 7.89. The van der Waals surface area contributed by atoms with Gasteiger partial charge in [-0.05, 0) is 41.3 Å². The number of hydrogen-bond donors (Lipinski definition) is 0. The standard InChI is InChI=1S/C24H22N2O4S/c27-24(30-16-19-8-5-7-17-6-1-2-9-20(17)19)18-12-14-26(15-13-18)23-21-10-3-4-11-22(21)31(28,29)25-23/h1-11,18H,12-16H2. The van der Waals surface area contributed by atoms with Gasteiger partial charge in [-0.15, -0.1) is 4.40 Å². The lowest BCUT2D eigenvalue weighted by Crippen LogP contribution is -2.40. The fourth-order valence-electron chi connectivity index (χ4n) is 4.33. The SMILES string of the molecule is O=C(OCc1cccc2ccccc12)C1CCN(C2=NS(=O)(=O)c3ccccc32)CC1. The molecule has 0 aliphatic carbocycles. The summed E-state index contributed by atoms with van der Waals surface area (Å²) in [6.45, 7) is 1.38. The van der Waals surface area contributed by atoms with E-state index in [4.69, 9.17) is 4.74 Å². The molecule has 1 saturated heterocycles. The number of ether oxygens (including phenoxy) is 1. The van der Waals surface area contributed by atoms with Crippen LogP contribution in [0.3, 0.4) is 0 Å². The van der Waals surface area contributed by atoms with Crippen LogP contribution in [0.2, 0.25) is 0 Å². The number of benzene rings is 3. The Morgan fingerprint density at radius 1 is 0.968 bits per heavy atom. The third-order valence-electron chi connectivity index (χ3n) is 5.99. The minimum absolute atomic E-state index is 0.194. The predicted molar refractivity (Wildman–Crippen MR) is 118 cm³/mol. The molecular weight excluding hydrogens is 412 g/mol. The molecule has 0 radical (unpaired) electrons. The van der Waals surface area contributed by atoms with Crippen LogP contribution in [-0.4, -0.2) is 38.2 Å². The first-order chi connectivity index (χ1) is 15.0. The van der Waals surface area contributed by atoms with Gasteiger partial charge < -0.3 is 9.64 Å². The van der Waals surface area contributed by atoms with E-state index in [0.29, 0.717) is 37.3 Å². The summed E-state index contributed by atoms with van der Waals surface area (Å²) in [5, 5.41) is 2.21. The summed E-state index contributed by atoms with van der Waals surface area (Å²) in [5.74, 6) is 0.0900. The van der Waals surface area contributed by atoms with Crippen LogP contribution in [0.25, 0.3) is 10.8 Å². The first-order valence-corrected chi connectivity index (χ1v) is 11.8. The second-order valence-corrected chi connectivity index (χ2v) is 9.47. The van der Waals surface area contributed by atoms with Crippen molar-refractivity contribution in [2.24, 2.45) is 10.3 Å². The van der Waals surface area contributed by atoms with Gasteiger partial charge in [0.15, 0.2) is 5.84 Å². The van der Waals surface area contributed by atoms with Crippen molar-refractivity contribution in [3.05, 3.63) is 77.9 Å². The van der Waals surface area contributed by atoms with E-state index in [1.165, 1.54) is 0 Å². The van der Waals surface area contributed by atoms with Crippen molar-refractivity contribution >= 4 is 32.6 Å². The molecular formula is C24H22N2O4S. The Kier molecular flexibility index (Phi) is 4.98. The molecule has 0 bridgehead atoms. The van der Waals surface area contributed by atoms with E-state index in [1.807, 2.05) is 53.4 Å². The Labute approximate surface area is 181 Å². The van der Waals surface area contributed by atoms with Gasteiger partial charge in [-0.25, -0.2) is 0 Å². The number of likely N-dealkylation sites (tertiary alicyclic amines) is 1. The molecule has 31 heavy (non-hydrogen) atoms. The van der Waals surface area contributed by atoms with Gasteiger partial charge in [-0.3, -0.25) is 4.79 Å². The maximum Gasteiger partial charge on any atom is 0.309 e. The highest BCUT2D eigenvalue weighted by atomic mass is 32.2. The van der Waals surface area contributed by atoms with Gasteiger partial charge in [0.2, 0.25) is 0 Å². The Hall–Kier alpha value is -3.19. The highest BCUT2D eigenvalue weighted by Crippen LogP contribution is 2.30. The number of carbonyl (C=O) groups is 1. The number of fused-ring (bicyclic) bond motifs is 2. The summed E-state index contributed by atoms with van der Waals surface area (Å²) in [4.78, 5) is 14.9. The van der Waals surface area contributed by atoms with E-state index in [2.05, 4.69) is 4.40 Å². The van der Waals surface area contributed by atoms with E-state index >= 15 is 0 Å². The van der Waals surface area contributed by atoms with Crippen molar-refractivity contribution in [1.82, 2.24) is 4.90 Å². The van der Waals surface area contributed by atoms with Crippen molar-refractivity contribution in [2.75, 3.05) is 13.1 Å². The van der Waals surface area contributed by atoms with Crippen LogP contribution < -0.4 is 0 Å². The largest absolute Gasteiger partial charge is 0.461 e. The molecule has 0 unspecified atom stereocenters. The van der Waals surface area contributed by atoms with Gasteiger partial charge in [0.1, 0.15) is 11.5 Å². The van der Waals surface area contributed by atoms with Crippen molar-refractivity contribution in [2.45, 2.75) is 24.3 Å². The number of sulfonamides is 1. The van der Waals surface area contributed by atoms with Gasteiger partial charge in [0, 0.05) is 18.7 Å². The van der Waals surface area contributed by atoms with Gasteiger partial charge in [0.25, 0.3) is 10.0 Å². The number of amidine groups is 1. The van der Waals surface area contributed by atoms with Gasteiger partial charge in [-0.2, -0.15) is 8.42 Å². The molecule has 158 valence electrons. The predicted octanol–water partition coefficient (Wildman–Crippen LogP) is 3.74. The fourth-order valence-corrected chi connectivity index (χ4v) is 5.56. The molecule has 7 heteroatoms. The summed E-state index contributed by atoms with van der Waals surface area (Å²) in [6.07, 6.45) is 1.21. The molecule has 0 spiro atoms. The fraction of sp³-hybridized carbons (Fsp3) is 0.250. The van der Waals surface area contributed by atoms with Crippen molar-refractivity contribution in [1.29, 1.82) is 0 Å². The average molecular weight is 435 g/mol. The maximum absolute atomic E-state index is 12.7. The Bertz CT molecular complexity index is 1290. The van der Waals surface area contributed by atoms with Crippen LogP contribution in [0, 0.1) is 5.92 Å². The summed E-state index contributed by atoms with van der Waals surface area (Å²) in [7, 11) is -3.64. The first-order valence-electron chi connectivity index (χ1n) is 10.4. The molecule has 0 aromatic heterocycles. The van der Waals surface area contributed by atoms with Crippen LogP contribution in [-0.2, 0) is 26.2 Å². The Morgan fingerprint density at radius 3 is 2.52 bits per heavy atom. The number of nitrogens with zero attached hydrogens (tertiary/aromatic N) is 2. The van der Waals surface area contributed by atoms with Crippen LogP contribution >= 0.6 is 0 Å². The van der Waals surface area contributed by atoms with E-state index in [1.54, 1.807) is 18.2 Å². The quantitative estimate of drug-likeness (QED) is 0.587. The monoisotopic (exact) mass is 434 g/mol. The smallest absolute Gasteiger partial charge is 0.309 e. The van der Waals surface area contributed by atoms with Crippen LogP contribution in [0.5, 0.6) is 0 Å². The number of carbonyl (C=O) groups excluding carboxylic acids is 1. The highest BCUT2D eigenvalue weighted by Gasteiger charge is 2.34. The molecule has 2 heterocycles. The average Bonchev–Trinajstić information content (AvgIpc) is 3.08. The molecule has 5 rings (SSSR count). The summed E-state index contributed by atoms with van der Waals surface area (Å²) >= 11 is 0. The maximum atomic E-state index is 12.7.